The Morgan fingerprint density at radius 1 is 1.31 bits per heavy atom. The first kappa shape index (κ1) is 12.3. The molecule has 2 heterocycles. The summed E-state index contributed by atoms with van der Waals surface area (Å²) in [6.45, 7) is 6.36. The van der Waals surface area contributed by atoms with Gasteiger partial charge in [-0.1, -0.05) is 0 Å². The summed E-state index contributed by atoms with van der Waals surface area (Å²) in [5.41, 5.74) is 0. The third kappa shape index (κ3) is 3.43. The predicted octanol–water partition coefficient (Wildman–Crippen LogP) is 0.105. The van der Waals surface area contributed by atoms with Crippen molar-refractivity contribution in [1.29, 1.82) is 0 Å². The summed E-state index contributed by atoms with van der Waals surface area (Å²) in [4.78, 5) is 2.42. The van der Waals surface area contributed by atoms with Gasteiger partial charge in [0, 0.05) is 25.7 Å². The van der Waals surface area contributed by atoms with Crippen LogP contribution in [0.4, 0.5) is 0 Å². The highest BCUT2D eigenvalue weighted by molar-refractivity contribution is 7.91. The first-order valence-corrected chi connectivity index (χ1v) is 8.03. The molecular formula is C11H22N2O2S. The zero-order valence-corrected chi connectivity index (χ0v) is 10.8. The van der Waals surface area contributed by atoms with Gasteiger partial charge in [0.05, 0.1) is 11.5 Å². The zero-order valence-electron chi connectivity index (χ0n) is 9.98. The third-order valence-corrected chi connectivity index (χ3v) is 5.48. The molecule has 0 amide bonds. The number of sulfone groups is 1. The summed E-state index contributed by atoms with van der Waals surface area (Å²) in [5, 5.41) is 3.46. The Morgan fingerprint density at radius 2 is 2.12 bits per heavy atom. The fourth-order valence-electron chi connectivity index (χ4n) is 2.62. The summed E-state index contributed by atoms with van der Waals surface area (Å²) < 4.78 is 22.7. The average molecular weight is 246 g/mol. The minimum Gasteiger partial charge on any atom is -0.313 e. The number of hydrogen-bond donors (Lipinski definition) is 1. The van der Waals surface area contributed by atoms with Crippen molar-refractivity contribution in [3.63, 3.8) is 0 Å². The molecule has 2 rings (SSSR count). The summed E-state index contributed by atoms with van der Waals surface area (Å²) in [5.74, 6) is 1.19. The van der Waals surface area contributed by atoms with Crippen LogP contribution in [-0.2, 0) is 9.84 Å². The van der Waals surface area contributed by atoms with E-state index in [1.165, 1.54) is 6.42 Å². The Labute approximate surface area is 98.3 Å². The third-order valence-electron chi connectivity index (χ3n) is 3.64. The van der Waals surface area contributed by atoms with E-state index >= 15 is 0 Å². The maximum absolute atomic E-state index is 11.4. The Balaban J connectivity index is 1.81. The van der Waals surface area contributed by atoms with E-state index in [0.717, 1.165) is 32.6 Å². The summed E-state index contributed by atoms with van der Waals surface area (Å²) in [6.07, 6.45) is 2.03. The van der Waals surface area contributed by atoms with Gasteiger partial charge in [-0.25, -0.2) is 8.42 Å². The van der Waals surface area contributed by atoms with Crippen LogP contribution in [0.15, 0.2) is 0 Å². The summed E-state index contributed by atoms with van der Waals surface area (Å²) in [6, 6.07) is 0.595. The maximum Gasteiger partial charge on any atom is 0.150 e. The highest BCUT2D eigenvalue weighted by Crippen LogP contribution is 2.19. The van der Waals surface area contributed by atoms with Gasteiger partial charge in [0.15, 0.2) is 9.84 Å². The SMILES string of the molecule is CC1CCN(CC2CCS(=O)(=O)C2)CCN1. The highest BCUT2D eigenvalue weighted by atomic mass is 32.2. The van der Waals surface area contributed by atoms with Crippen molar-refractivity contribution in [3.05, 3.63) is 0 Å². The molecule has 94 valence electrons. The molecule has 4 nitrogen and oxygen atoms in total. The van der Waals surface area contributed by atoms with Gasteiger partial charge in [-0.3, -0.25) is 0 Å². The molecule has 5 heteroatoms. The van der Waals surface area contributed by atoms with Crippen molar-refractivity contribution < 1.29 is 8.42 Å². The fourth-order valence-corrected chi connectivity index (χ4v) is 4.47. The smallest absolute Gasteiger partial charge is 0.150 e. The molecule has 2 saturated heterocycles. The van der Waals surface area contributed by atoms with Crippen molar-refractivity contribution in [2.45, 2.75) is 25.8 Å². The molecule has 0 aromatic rings. The van der Waals surface area contributed by atoms with E-state index in [0.29, 0.717) is 23.5 Å². The van der Waals surface area contributed by atoms with E-state index in [4.69, 9.17) is 0 Å². The predicted molar refractivity (Wildman–Crippen MR) is 65.3 cm³/mol. The molecule has 0 bridgehead atoms. The van der Waals surface area contributed by atoms with Crippen LogP contribution in [0.2, 0.25) is 0 Å². The van der Waals surface area contributed by atoms with E-state index in [1.807, 2.05) is 0 Å². The Kier molecular flexibility index (Phi) is 3.87. The molecule has 0 aliphatic carbocycles. The zero-order chi connectivity index (χ0) is 11.6. The molecule has 2 fully saturated rings. The van der Waals surface area contributed by atoms with Crippen LogP contribution in [0.5, 0.6) is 0 Å². The number of rotatable bonds is 2. The second-order valence-electron chi connectivity index (χ2n) is 5.21. The number of hydrogen-bond acceptors (Lipinski definition) is 4. The standard InChI is InChI=1S/C11H22N2O2S/c1-10-2-5-13(6-4-12-10)8-11-3-7-16(14,15)9-11/h10-12H,2-9H2,1H3. The molecule has 2 unspecified atom stereocenters. The molecule has 0 spiro atoms. The first-order chi connectivity index (χ1) is 7.55. The van der Waals surface area contributed by atoms with Crippen molar-refractivity contribution in [2.24, 2.45) is 5.92 Å². The van der Waals surface area contributed by atoms with Gasteiger partial charge in [0.25, 0.3) is 0 Å². The fraction of sp³-hybridized carbons (Fsp3) is 1.00. The lowest BCUT2D eigenvalue weighted by molar-refractivity contribution is 0.253. The highest BCUT2D eigenvalue weighted by Gasteiger charge is 2.29. The lowest BCUT2D eigenvalue weighted by Gasteiger charge is -2.22. The topological polar surface area (TPSA) is 49.4 Å². The van der Waals surface area contributed by atoms with Gasteiger partial charge in [-0.15, -0.1) is 0 Å². The van der Waals surface area contributed by atoms with Gasteiger partial charge < -0.3 is 10.2 Å². The van der Waals surface area contributed by atoms with E-state index < -0.39 is 9.84 Å². The van der Waals surface area contributed by atoms with Crippen LogP contribution in [0, 0.1) is 5.92 Å². The number of nitrogens with one attached hydrogen (secondary N) is 1. The van der Waals surface area contributed by atoms with Crippen LogP contribution in [0.25, 0.3) is 0 Å². The van der Waals surface area contributed by atoms with Crippen LogP contribution in [0.3, 0.4) is 0 Å². The molecule has 1 N–H and O–H groups in total. The van der Waals surface area contributed by atoms with E-state index in [9.17, 15) is 8.42 Å². The van der Waals surface area contributed by atoms with E-state index in [1.54, 1.807) is 0 Å². The monoisotopic (exact) mass is 246 g/mol. The normalized spacial score (nSPS) is 36.1. The van der Waals surface area contributed by atoms with Crippen LogP contribution >= 0.6 is 0 Å². The van der Waals surface area contributed by atoms with Crippen molar-refractivity contribution in [3.8, 4) is 0 Å². The number of nitrogens with zero attached hydrogens (tertiary/aromatic N) is 1. The minimum absolute atomic E-state index is 0.374. The molecule has 0 aromatic carbocycles. The molecular weight excluding hydrogens is 224 g/mol. The first-order valence-electron chi connectivity index (χ1n) is 6.21. The van der Waals surface area contributed by atoms with E-state index in [2.05, 4.69) is 17.1 Å². The van der Waals surface area contributed by atoms with Crippen LogP contribution in [0.1, 0.15) is 19.8 Å². The largest absolute Gasteiger partial charge is 0.313 e. The van der Waals surface area contributed by atoms with Gasteiger partial charge >= 0.3 is 0 Å². The Morgan fingerprint density at radius 3 is 2.81 bits per heavy atom. The Hall–Kier alpha value is -0.130. The van der Waals surface area contributed by atoms with Gasteiger partial charge in [0.1, 0.15) is 0 Å². The van der Waals surface area contributed by atoms with Crippen LogP contribution < -0.4 is 5.32 Å². The van der Waals surface area contributed by atoms with Crippen molar-refractivity contribution in [2.75, 3.05) is 37.7 Å². The van der Waals surface area contributed by atoms with Gasteiger partial charge in [-0.05, 0) is 32.2 Å². The summed E-state index contributed by atoms with van der Waals surface area (Å²) in [7, 11) is -2.71. The molecule has 0 radical (unpaired) electrons. The molecule has 2 aliphatic heterocycles. The van der Waals surface area contributed by atoms with Gasteiger partial charge in [0.2, 0.25) is 0 Å². The average Bonchev–Trinajstić information content (AvgIpc) is 2.41. The second-order valence-corrected chi connectivity index (χ2v) is 7.44. The molecule has 0 saturated carbocycles. The summed E-state index contributed by atoms with van der Waals surface area (Å²) >= 11 is 0. The van der Waals surface area contributed by atoms with E-state index in [-0.39, 0.29) is 0 Å². The van der Waals surface area contributed by atoms with Crippen molar-refractivity contribution >= 4 is 9.84 Å². The van der Waals surface area contributed by atoms with Crippen LogP contribution in [-0.4, -0.2) is 57.0 Å². The lowest BCUT2D eigenvalue weighted by Crippen LogP contribution is -2.33. The second kappa shape index (κ2) is 5.02. The molecule has 2 atom stereocenters. The molecule has 0 aromatic heterocycles. The quantitative estimate of drug-likeness (QED) is 0.751. The Bertz CT molecular complexity index is 329. The molecule has 16 heavy (non-hydrogen) atoms. The van der Waals surface area contributed by atoms with Crippen molar-refractivity contribution in [1.82, 2.24) is 10.2 Å². The molecule has 2 aliphatic rings. The maximum atomic E-state index is 11.4. The lowest BCUT2D eigenvalue weighted by atomic mass is 10.1. The minimum atomic E-state index is -2.71. The van der Waals surface area contributed by atoms with Gasteiger partial charge in [-0.2, -0.15) is 0 Å².